The first-order valence-corrected chi connectivity index (χ1v) is 5.34. The third kappa shape index (κ3) is 1.48. The summed E-state index contributed by atoms with van der Waals surface area (Å²) in [5.41, 5.74) is 0. The van der Waals surface area contributed by atoms with Crippen LogP contribution in [0.1, 0.15) is 22.6 Å². The molecule has 13 heavy (non-hydrogen) atoms. The molecular weight excluding hydrogens is 182 g/mol. The van der Waals surface area contributed by atoms with Crippen LogP contribution in [0.2, 0.25) is 0 Å². The molecule has 0 radical (unpaired) electrons. The Morgan fingerprint density at radius 3 is 2.77 bits per heavy atom. The molecule has 0 aromatic carbocycles. The van der Waals surface area contributed by atoms with Crippen LogP contribution in [0, 0.1) is 12.8 Å². The Labute approximate surface area is 82.0 Å². The average Bonchev–Trinajstić information content (AvgIpc) is 2.62. The first kappa shape index (κ1) is 8.75. The fourth-order valence-corrected chi connectivity index (χ4v) is 2.81. The summed E-state index contributed by atoms with van der Waals surface area (Å²) < 4.78 is 0. The van der Waals surface area contributed by atoms with Gasteiger partial charge in [0, 0.05) is 28.1 Å². The molecule has 1 saturated heterocycles. The van der Waals surface area contributed by atoms with E-state index in [0.29, 0.717) is 5.92 Å². The molecule has 1 fully saturated rings. The van der Waals surface area contributed by atoms with Crippen molar-refractivity contribution < 1.29 is 4.79 Å². The maximum absolute atomic E-state index is 11.3. The van der Waals surface area contributed by atoms with Gasteiger partial charge in [-0.15, -0.1) is 11.3 Å². The number of nitrogens with one attached hydrogen (secondary N) is 1. The van der Waals surface area contributed by atoms with Crippen LogP contribution in [0.3, 0.4) is 0 Å². The van der Waals surface area contributed by atoms with E-state index in [1.807, 2.05) is 6.92 Å². The van der Waals surface area contributed by atoms with Crippen LogP contribution in [0.25, 0.3) is 0 Å². The molecule has 2 heterocycles. The molecule has 2 rings (SSSR count). The number of amides is 1. The number of hydrogen-bond acceptors (Lipinski definition) is 2. The van der Waals surface area contributed by atoms with E-state index in [9.17, 15) is 4.79 Å². The van der Waals surface area contributed by atoms with Crippen LogP contribution in [0.4, 0.5) is 0 Å². The molecule has 1 aliphatic heterocycles. The smallest absolute Gasteiger partial charge is 0.223 e. The molecule has 0 bridgehead atoms. The first-order valence-electron chi connectivity index (χ1n) is 4.52. The van der Waals surface area contributed by atoms with Crippen molar-refractivity contribution in [2.45, 2.75) is 19.8 Å². The topological polar surface area (TPSA) is 29.1 Å². The Balaban J connectivity index is 2.23. The summed E-state index contributed by atoms with van der Waals surface area (Å²) in [6, 6.07) is 4.26. The van der Waals surface area contributed by atoms with Crippen LogP contribution < -0.4 is 5.32 Å². The summed E-state index contributed by atoms with van der Waals surface area (Å²) in [7, 11) is 0. The molecule has 0 aliphatic carbocycles. The van der Waals surface area contributed by atoms with E-state index < -0.39 is 0 Å². The van der Waals surface area contributed by atoms with Crippen molar-refractivity contribution in [3.8, 4) is 0 Å². The Morgan fingerprint density at radius 1 is 1.54 bits per heavy atom. The van der Waals surface area contributed by atoms with Crippen molar-refractivity contribution in [1.29, 1.82) is 0 Å². The van der Waals surface area contributed by atoms with E-state index in [4.69, 9.17) is 0 Å². The third-order valence-corrected chi connectivity index (χ3v) is 3.77. The van der Waals surface area contributed by atoms with Gasteiger partial charge in [0.2, 0.25) is 5.91 Å². The Hall–Kier alpha value is -0.830. The number of thiophene rings is 1. The number of carbonyl (C=O) groups is 1. The van der Waals surface area contributed by atoms with Gasteiger partial charge in [-0.2, -0.15) is 0 Å². The predicted molar refractivity (Wildman–Crippen MR) is 54.0 cm³/mol. The lowest BCUT2D eigenvalue weighted by atomic mass is 9.96. The average molecular weight is 195 g/mol. The fourth-order valence-electron chi connectivity index (χ4n) is 1.73. The van der Waals surface area contributed by atoms with Gasteiger partial charge in [-0.25, -0.2) is 0 Å². The Morgan fingerprint density at radius 2 is 2.31 bits per heavy atom. The van der Waals surface area contributed by atoms with E-state index >= 15 is 0 Å². The van der Waals surface area contributed by atoms with Crippen molar-refractivity contribution in [3.05, 3.63) is 21.9 Å². The number of carbonyl (C=O) groups excluding carboxylic acids is 1. The van der Waals surface area contributed by atoms with Crippen LogP contribution in [0.15, 0.2) is 12.1 Å². The zero-order valence-electron chi connectivity index (χ0n) is 7.83. The lowest BCUT2D eigenvalue weighted by Crippen LogP contribution is -2.16. The highest BCUT2D eigenvalue weighted by Gasteiger charge is 2.32. The molecule has 1 aromatic heterocycles. The van der Waals surface area contributed by atoms with Gasteiger partial charge in [0.05, 0.1) is 0 Å². The lowest BCUT2D eigenvalue weighted by molar-refractivity contribution is -0.122. The van der Waals surface area contributed by atoms with E-state index in [1.165, 1.54) is 9.75 Å². The minimum absolute atomic E-state index is 0.137. The highest BCUT2D eigenvalue weighted by molar-refractivity contribution is 7.12. The Kier molecular flexibility index (Phi) is 2.12. The van der Waals surface area contributed by atoms with E-state index in [1.54, 1.807) is 11.3 Å². The maximum atomic E-state index is 11.3. The van der Waals surface area contributed by atoms with Gasteiger partial charge in [0.15, 0.2) is 0 Å². The quantitative estimate of drug-likeness (QED) is 0.728. The molecule has 0 unspecified atom stereocenters. The molecule has 2 atom stereocenters. The van der Waals surface area contributed by atoms with Gasteiger partial charge in [-0.05, 0) is 19.1 Å². The van der Waals surface area contributed by atoms with Crippen molar-refractivity contribution in [2.75, 3.05) is 6.54 Å². The van der Waals surface area contributed by atoms with Crippen LogP contribution in [-0.2, 0) is 4.79 Å². The second kappa shape index (κ2) is 3.14. The number of aryl methyl sites for hydroxylation is 1. The number of rotatable bonds is 1. The number of hydrogen-bond donors (Lipinski definition) is 1. The van der Waals surface area contributed by atoms with Gasteiger partial charge in [-0.1, -0.05) is 6.92 Å². The molecule has 2 nitrogen and oxygen atoms in total. The minimum Gasteiger partial charge on any atom is -0.355 e. The molecule has 70 valence electrons. The van der Waals surface area contributed by atoms with Crippen LogP contribution >= 0.6 is 11.3 Å². The van der Waals surface area contributed by atoms with Crippen molar-refractivity contribution in [2.24, 2.45) is 5.92 Å². The second-order valence-electron chi connectivity index (χ2n) is 3.59. The van der Waals surface area contributed by atoms with E-state index in [0.717, 1.165) is 6.54 Å². The summed E-state index contributed by atoms with van der Waals surface area (Å²) in [6.07, 6.45) is 0. The molecule has 0 spiro atoms. The van der Waals surface area contributed by atoms with Gasteiger partial charge in [0.1, 0.15) is 0 Å². The fraction of sp³-hybridized carbons (Fsp3) is 0.500. The molecule has 1 N–H and O–H groups in total. The molecule has 1 amide bonds. The van der Waals surface area contributed by atoms with Crippen LogP contribution in [-0.4, -0.2) is 12.5 Å². The molecule has 1 aromatic rings. The first-order chi connectivity index (χ1) is 6.18. The second-order valence-corrected chi connectivity index (χ2v) is 4.91. The monoisotopic (exact) mass is 195 g/mol. The maximum Gasteiger partial charge on any atom is 0.223 e. The summed E-state index contributed by atoms with van der Waals surface area (Å²) in [5, 5.41) is 2.89. The third-order valence-electron chi connectivity index (χ3n) is 2.64. The predicted octanol–water partition coefficient (Wildman–Crippen LogP) is 1.91. The molecular formula is C10H13NOS. The summed E-state index contributed by atoms with van der Waals surface area (Å²) >= 11 is 1.80. The van der Waals surface area contributed by atoms with Crippen molar-refractivity contribution >= 4 is 17.2 Å². The zero-order chi connectivity index (χ0) is 9.42. The van der Waals surface area contributed by atoms with E-state index in [-0.39, 0.29) is 11.8 Å². The van der Waals surface area contributed by atoms with Crippen molar-refractivity contribution in [3.63, 3.8) is 0 Å². The standard InChI is InChI=1S/C10H13NOS/c1-6-3-4-9(13-6)8-5-11-10(12)7(8)2/h3-4,7-8H,5H2,1-2H3,(H,11,12)/t7-,8+/m0/s1. The lowest BCUT2D eigenvalue weighted by Gasteiger charge is -2.08. The Bertz CT molecular complexity index is 331. The zero-order valence-corrected chi connectivity index (χ0v) is 8.65. The largest absolute Gasteiger partial charge is 0.355 e. The highest BCUT2D eigenvalue weighted by Crippen LogP contribution is 2.32. The van der Waals surface area contributed by atoms with Gasteiger partial charge in [-0.3, -0.25) is 4.79 Å². The van der Waals surface area contributed by atoms with E-state index in [2.05, 4.69) is 24.4 Å². The highest BCUT2D eigenvalue weighted by atomic mass is 32.1. The van der Waals surface area contributed by atoms with Crippen molar-refractivity contribution in [1.82, 2.24) is 5.32 Å². The minimum atomic E-state index is 0.137. The summed E-state index contributed by atoms with van der Waals surface area (Å²) in [5.74, 6) is 0.723. The van der Waals surface area contributed by atoms with Crippen LogP contribution in [0.5, 0.6) is 0 Å². The summed E-state index contributed by atoms with van der Waals surface area (Å²) in [4.78, 5) is 13.9. The van der Waals surface area contributed by atoms with Gasteiger partial charge >= 0.3 is 0 Å². The van der Waals surface area contributed by atoms with Gasteiger partial charge in [0.25, 0.3) is 0 Å². The summed E-state index contributed by atoms with van der Waals surface area (Å²) in [6.45, 7) is 4.91. The van der Waals surface area contributed by atoms with Gasteiger partial charge < -0.3 is 5.32 Å². The normalized spacial score (nSPS) is 27.7. The molecule has 0 saturated carbocycles. The molecule has 1 aliphatic rings. The SMILES string of the molecule is Cc1ccc([C@@H]2CNC(=O)[C@H]2C)s1. The molecule has 3 heteroatoms.